The first kappa shape index (κ1) is 15.5. The minimum atomic E-state index is 0.0250. The van der Waals surface area contributed by atoms with Gasteiger partial charge in [0, 0.05) is 31.3 Å². The zero-order valence-corrected chi connectivity index (χ0v) is 13.9. The van der Waals surface area contributed by atoms with Crippen molar-refractivity contribution in [2.45, 2.75) is 38.2 Å². The van der Waals surface area contributed by atoms with Gasteiger partial charge in [-0.15, -0.1) is 0 Å². The fraction of sp³-hybridized carbons (Fsp3) is 0.579. The second-order valence-electron chi connectivity index (χ2n) is 7.17. The van der Waals surface area contributed by atoms with E-state index in [1.54, 1.807) is 0 Å². The molecule has 24 heavy (non-hydrogen) atoms. The number of likely N-dealkylation sites (tertiary alicyclic amines) is 1. The Labute approximate surface area is 142 Å². The number of para-hydroxylation sites is 1. The molecule has 1 saturated carbocycles. The number of benzene rings is 1. The molecule has 1 N–H and O–H groups in total. The molecule has 2 amide bonds. The predicted octanol–water partition coefficient (Wildman–Crippen LogP) is 1.75. The predicted molar refractivity (Wildman–Crippen MR) is 89.6 cm³/mol. The van der Waals surface area contributed by atoms with Gasteiger partial charge in [-0.25, -0.2) is 0 Å². The molecule has 2 heterocycles. The van der Waals surface area contributed by atoms with Crippen LogP contribution in [0.2, 0.25) is 0 Å². The molecular weight excluding hydrogens is 304 g/mol. The molecule has 1 aromatic carbocycles. The van der Waals surface area contributed by atoms with Gasteiger partial charge in [-0.3, -0.25) is 9.59 Å². The standard InChI is InChI=1S/C19H24N2O3/c22-18(13-7-9-21(10-8-13)19(23)14-5-6-14)20-12-16-11-15-3-1-2-4-17(15)24-16/h1-4,13-14,16H,5-12H2,(H,20,22). The zero-order valence-electron chi connectivity index (χ0n) is 13.9. The van der Waals surface area contributed by atoms with Crippen molar-refractivity contribution in [1.29, 1.82) is 0 Å². The molecule has 1 atom stereocenters. The third-order valence-electron chi connectivity index (χ3n) is 5.32. The lowest BCUT2D eigenvalue weighted by molar-refractivity contribution is -0.136. The van der Waals surface area contributed by atoms with Crippen LogP contribution < -0.4 is 10.1 Å². The summed E-state index contributed by atoms with van der Waals surface area (Å²) in [5.41, 5.74) is 1.21. The summed E-state index contributed by atoms with van der Waals surface area (Å²) in [7, 11) is 0. The van der Waals surface area contributed by atoms with Crippen LogP contribution in [0.1, 0.15) is 31.2 Å². The first-order chi connectivity index (χ1) is 11.7. The molecule has 2 aliphatic heterocycles. The first-order valence-corrected chi connectivity index (χ1v) is 9.02. The van der Waals surface area contributed by atoms with Crippen molar-refractivity contribution in [2.24, 2.45) is 11.8 Å². The Morgan fingerprint density at radius 3 is 2.54 bits per heavy atom. The summed E-state index contributed by atoms with van der Waals surface area (Å²) in [6.45, 7) is 1.99. The largest absolute Gasteiger partial charge is 0.488 e. The highest BCUT2D eigenvalue weighted by Crippen LogP contribution is 2.32. The number of carbonyl (C=O) groups is 2. The van der Waals surface area contributed by atoms with E-state index < -0.39 is 0 Å². The lowest BCUT2D eigenvalue weighted by Crippen LogP contribution is -2.45. The molecule has 0 radical (unpaired) electrons. The lowest BCUT2D eigenvalue weighted by atomic mass is 9.95. The topological polar surface area (TPSA) is 58.6 Å². The van der Waals surface area contributed by atoms with Crippen LogP contribution >= 0.6 is 0 Å². The van der Waals surface area contributed by atoms with Gasteiger partial charge in [-0.1, -0.05) is 18.2 Å². The van der Waals surface area contributed by atoms with Crippen molar-refractivity contribution in [3.8, 4) is 5.75 Å². The Morgan fingerprint density at radius 1 is 1.08 bits per heavy atom. The van der Waals surface area contributed by atoms with Crippen LogP contribution in [0.25, 0.3) is 0 Å². The summed E-state index contributed by atoms with van der Waals surface area (Å²) in [6.07, 6.45) is 4.52. The first-order valence-electron chi connectivity index (χ1n) is 9.02. The van der Waals surface area contributed by atoms with E-state index in [9.17, 15) is 9.59 Å². The van der Waals surface area contributed by atoms with Crippen LogP contribution in [0.5, 0.6) is 5.75 Å². The van der Waals surface area contributed by atoms with Crippen molar-refractivity contribution >= 4 is 11.8 Å². The molecule has 0 aromatic heterocycles. The van der Waals surface area contributed by atoms with Gasteiger partial charge < -0.3 is 15.0 Å². The molecule has 1 unspecified atom stereocenters. The number of ether oxygens (including phenoxy) is 1. The summed E-state index contributed by atoms with van der Waals surface area (Å²) in [4.78, 5) is 26.4. The third-order valence-corrected chi connectivity index (χ3v) is 5.32. The maximum atomic E-state index is 12.4. The van der Waals surface area contributed by atoms with Gasteiger partial charge in [0.25, 0.3) is 0 Å². The number of hydrogen-bond acceptors (Lipinski definition) is 3. The molecule has 4 rings (SSSR count). The minimum absolute atomic E-state index is 0.0250. The smallest absolute Gasteiger partial charge is 0.225 e. The summed E-state index contributed by atoms with van der Waals surface area (Å²) >= 11 is 0. The van der Waals surface area contributed by atoms with Gasteiger partial charge in [0.05, 0.1) is 6.54 Å². The highest BCUT2D eigenvalue weighted by atomic mass is 16.5. The summed E-state index contributed by atoms with van der Waals surface area (Å²) in [5, 5.41) is 3.04. The highest BCUT2D eigenvalue weighted by Gasteiger charge is 2.36. The Bertz CT molecular complexity index is 608. The SMILES string of the molecule is O=C(NCC1Cc2ccccc2O1)C1CCN(C(=O)C2CC2)CC1. The Morgan fingerprint density at radius 2 is 1.83 bits per heavy atom. The third kappa shape index (κ3) is 3.25. The van der Waals surface area contributed by atoms with Gasteiger partial charge in [-0.05, 0) is 37.3 Å². The summed E-state index contributed by atoms with van der Waals surface area (Å²) in [6, 6.07) is 8.03. The van der Waals surface area contributed by atoms with Crippen LogP contribution in [0.15, 0.2) is 24.3 Å². The van der Waals surface area contributed by atoms with Crippen LogP contribution in [-0.2, 0) is 16.0 Å². The van der Waals surface area contributed by atoms with E-state index in [0.717, 1.165) is 50.9 Å². The number of fused-ring (bicyclic) bond motifs is 1. The van der Waals surface area contributed by atoms with Crippen molar-refractivity contribution in [2.75, 3.05) is 19.6 Å². The Balaban J connectivity index is 1.21. The van der Waals surface area contributed by atoms with Crippen LogP contribution in [0.4, 0.5) is 0 Å². The van der Waals surface area contributed by atoms with Crippen molar-refractivity contribution < 1.29 is 14.3 Å². The normalized spacial score (nSPS) is 23.5. The molecule has 3 aliphatic rings. The molecule has 128 valence electrons. The van der Waals surface area contributed by atoms with Crippen LogP contribution in [0.3, 0.4) is 0 Å². The monoisotopic (exact) mass is 328 g/mol. The molecule has 5 heteroatoms. The Hall–Kier alpha value is -2.04. The number of piperidine rings is 1. The number of amides is 2. The second-order valence-corrected chi connectivity index (χ2v) is 7.17. The molecule has 1 aromatic rings. The van der Waals surface area contributed by atoms with E-state index in [1.807, 2.05) is 23.1 Å². The molecule has 1 aliphatic carbocycles. The minimum Gasteiger partial charge on any atom is -0.488 e. The van der Waals surface area contributed by atoms with E-state index in [1.165, 1.54) is 5.56 Å². The second kappa shape index (κ2) is 6.46. The zero-order chi connectivity index (χ0) is 16.5. The quantitative estimate of drug-likeness (QED) is 0.916. The van der Waals surface area contributed by atoms with Gasteiger partial charge in [0.15, 0.2) is 0 Å². The number of carbonyl (C=O) groups excluding carboxylic acids is 2. The fourth-order valence-corrected chi connectivity index (χ4v) is 3.68. The van der Waals surface area contributed by atoms with E-state index in [2.05, 4.69) is 11.4 Å². The Kier molecular flexibility index (Phi) is 4.17. The van der Waals surface area contributed by atoms with E-state index >= 15 is 0 Å². The lowest BCUT2D eigenvalue weighted by Gasteiger charge is -2.31. The van der Waals surface area contributed by atoms with Gasteiger partial charge in [0.2, 0.25) is 11.8 Å². The van der Waals surface area contributed by atoms with Crippen molar-refractivity contribution in [3.05, 3.63) is 29.8 Å². The molecule has 1 saturated heterocycles. The summed E-state index contributed by atoms with van der Waals surface area (Å²) < 4.78 is 5.86. The fourth-order valence-electron chi connectivity index (χ4n) is 3.68. The molecular formula is C19H24N2O3. The highest BCUT2D eigenvalue weighted by molar-refractivity contribution is 5.82. The van der Waals surface area contributed by atoms with Gasteiger partial charge in [-0.2, -0.15) is 0 Å². The van der Waals surface area contributed by atoms with Crippen LogP contribution in [-0.4, -0.2) is 42.5 Å². The number of rotatable bonds is 4. The number of nitrogens with one attached hydrogen (secondary N) is 1. The summed E-state index contributed by atoms with van der Waals surface area (Å²) in [5.74, 6) is 1.64. The van der Waals surface area contributed by atoms with E-state index in [-0.39, 0.29) is 23.8 Å². The number of hydrogen-bond donors (Lipinski definition) is 1. The number of nitrogens with zero attached hydrogens (tertiary/aromatic N) is 1. The van der Waals surface area contributed by atoms with E-state index in [0.29, 0.717) is 12.5 Å². The van der Waals surface area contributed by atoms with Gasteiger partial charge in [0.1, 0.15) is 11.9 Å². The average Bonchev–Trinajstić information content (AvgIpc) is 3.38. The van der Waals surface area contributed by atoms with Gasteiger partial charge >= 0.3 is 0 Å². The average molecular weight is 328 g/mol. The molecule has 5 nitrogen and oxygen atoms in total. The molecule has 0 bridgehead atoms. The van der Waals surface area contributed by atoms with E-state index in [4.69, 9.17) is 4.74 Å². The maximum absolute atomic E-state index is 12.4. The maximum Gasteiger partial charge on any atom is 0.225 e. The molecule has 0 spiro atoms. The van der Waals surface area contributed by atoms with Crippen molar-refractivity contribution in [1.82, 2.24) is 10.2 Å². The molecule has 2 fully saturated rings. The van der Waals surface area contributed by atoms with Crippen molar-refractivity contribution in [3.63, 3.8) is 0 Å². The van der Waals surface area contributed by atoms with Crippen LogP contribution in [0, 0.1) is 11.8 Å².